The van der Waals surface area contributed by atoms with E-state index in [0.717, 1.165) is 21.4 Å². The van der Waals surface area contributed by atoms with Crippen molar-refractivity contribution in [1.82, 2.24) is 24.8 Å². The van der Waals surface area contributed by atoms with Gasteiger partial charge in [0, 0.05) is 13.0 Å². The maximum Gasteiger partial charge on any atom is 0.328 e. The average molecular weight is 438 g/mol. The van der Waals surface area contributed by atoms with Crippen LogP contribution in [0.2, 0.25) is 0 Å². The van der Waals surface area contributed by atoms with Crippen LogP contribution in [-0.4, -0.2) is 37.4 Å². The molecule has 0 saturated carbocycles. The van der Waals surface area contributed by atoms with E-state index in [4.69, 9.17) is 0 Å². The van der Waals surface area contributed by atoms with Gasteiger partial charge in [-0.3, -0.25) is 14.2 Å². The van der Waals surface area contributed by atoms with Crippen LogP contribution >= 0.6 is 11.8 Å². The summed E-state index contributed by atoms with van der Waals surface area (Å²) < 4.78 is 1.07. The van der Waals surface area contributed by atoms with Crippen molar-refractivity contribution in [3.05, 3.63) is 75.2 Å². The van der Waals surface area contributed by atoms with Gasteiger partial charge in [0.2, 0.25) is 5.91 Å². The second kappa shape index (κ2) is 9.22. The Morgan fingerprint density at radius 1 is 1.10 bits per heavy atom. The largest absolute Gasteiger partial charge is 0.346 e. The molecule has 0 aliphatic heterocycles. The van der Waals surface area contributed by atoms with Crippen molar-refractivity contribution in [1.29, 1.82) is 0 Å². The predicted octanol–water partition coefficient (Wildman–Crippen LogP) is 2.57. The molecule has 2 aromatic carbocycles. The van der Waals surface area contributed by atoms with Crippen molar-refractivity contribution in [3.8, 4) is 0 Å². The molecule has 9 heteroatoms. The van der Waals surface area contributed by atoms with E-state index in [-0.39, 0.29) is 24.9 Å². The highest BCUT2D eigenvalue weighted by atomic mass is 32.2. The number of nitrogens with zero attached hydrogens (tertiary/aromatic N) is 2. The Morgan fingerprint density at radius 2 is 1.84 bits per heavy atom. The minimum Gasteiger partial charge on any atom is -0.346 e. The summed E-state index contributed by atoms with van der Waals surface area (Å²) in [5.41, 5.74) is 1.32. The fourth-order valence-electron chi connectivity index (χ4n) is 3.53. The third-order valence-electron chi connectivity index (χ3n) is 5.14. The highest BCUT2D eigenvalue weighted by Crippen LogP contribution is 2.20. The summed E-state index contributed by atoms with van der Waals surface area (Å²) in [7, 11) is 0. The molecule has 1 unspecified atom stereocenters. The van der Waals surface area contributed by atoms with Gasteiger partial charge in [0.1, 0.15) is 5.82 Å². The Labute approximate surface area is 182 Å². The summed E-state index contributed by atoms with van der Waals surface area (Å²) in [4.78, 5) is 48.2. The Morgan fingerprint density at radius 3 is 2.61 bits per heavy atom. The lowest BCUT2D eigenvalue weighted by molar-refractivity contribution is -0.122. The molecule has 0 radical (unpaired) electrons. The molecule has 4 rings (SSSR count). The molecule has 2 heterocycles. The van der Waals surface area contributed by atoms with Crippen LogP contribution in [0.25, 0.3) is 21.9 Å². The number of rotatable bonds is 8. The van der Waals surface area contributed by atoms with Gasteiger partial charge >= 0.3 is 5.69 Å². The zero-order valence-electron chi connectivity index (χ0n) is 17.1. The molecule has 8 nitrogen and oxygen atoms in total. The number of aromatic amines is 2. The molecule has 3 N–H and O–H groups in total. The van der Waals surface area contributed by atoms with Crippen molar-refractivity contribution in [2.24, 2.45) is 0 Å². The van der Waals surface area contributed by atoms with Crippen molar-refractivity contribution in [3.63, 3.8) is 0 Å². The van der Waals surface area contributed by atoms with Gasteiger partial charge in [0.15, 0.2) is 0 Å². The highest BCUT2D eigenvalue weighted by Gasteiger charge is 2.19. The van der Waals surface area contributed by atoms with Crippen LogP contribution < -0.4 is 16.6 Å². The fourth-order valence-corrected chi connectivity index (χ4v) is 4.00. The summed E-state index contributed by atoms with van der Waals surface area (Å²) in [5, 5.41) is 3.42. The monoisotopic (exact) mass is 437 g/mol. The van der Waals surface area contributed by atoms with E-state index >= 15 is 0 Å². The first-order chi connectivity index (χ1) is 15.1. The second-order valence-electron chi connectivity index (χ2n) is 7.22. The molecule has 31 heavy (non-hydrogen) atoms. The minimum absolute atomic E-state index is 0.000211. The van der Waals surface area contributed by atoms with E-state index in [9.17, 15) is 14.4 Å². The van der Waals surface area contributed by atoms with Crippen molar-refractivity contribution >= 4 is 39.6 Å². The first-order valence-corrected chi connectivity index (χ1v) is 11.4. The summed E-state index contributed by atoms with van der Waals surface area (Å²) in [6.07, 6.45) is 2.73. The Balaban J connectivity index is 1.50. The molecule has 0 saturated heterocycles. The first kappa shape index (κ1) is 20.9. The summed E-state index contributed by atoms with van der Waals surface area (Å²) in [6, 6.07) is 14.3. The Kier molecular flexibility index (Phi) is 6.22. The van der Waals surface area contributed by atoms with Crippen LogP contribution in [0, 0.1) is 0 Å². The van der Waals surface area contributed by atoms with E-state index in [1.54, 1.807) is 36.0 Å². The van der Waals surface area contributed by atoms with E-state index in [0.29, 0.717) is 23.1 Å². The number of fused-ring (bicyclic) bond motifs is 2. The number of carbonyl (C=O) groups excluding carboxylic acids is 1. The zero-order chi connectivity index (χ0) is 21.8. The van der Waals surface area contributed by atoms with Crippen molar-refractivity contribution < 1.29 is 4.79 Å². The van der Waals surface area contributed by atoms with Gasteiger partial charge in [-0.15, -0.1) is 0 Å². The average Bonchev–Trinajstić information content (AvgIpc) is 3.20. The summed E-state index contributed by atoms with van der Waals surface area (Å²) >= 11 is 1.69. The maximum atomic E-state index is 12.7. The molecular weight excluding hydrogens is 414 g/mol. The van der Waals surface area contributed by atoms with Crippen LogP contribution in [0.5, 0.6) is 0 Å². The Hall–Kier alpha value is -3.33. The molecule has 0 aliphatic rings. The minimum atomic E-state index is -0.521. The summed E-state index contributed by atoms with van der Waals surface area (Å²) in [5.74, 6) is 1.31. The maximum absolute atomic E-state index is 12.7. The zero-order valence-corrected chi connectivity index (χ0v) is 17.9. The number of para-hydroxylation sites is 3. The lowest BCUT2D eigenvalue weighted by Crippen LogP contribution is -2.37. The van der Waals surface area contributed by atoms with Gasteiger partial charge in [0.25, 0.3) is 5.56 Å². The number of carbonyl (C=O) groups is 1. The predicted molar refractivity (Wildman–Crippen MR) is 123 cm³/mol. The van der Waals surface area contributed by atoms with E-state index in [1.807, 2.05) is 30.5 Å². The summed E-state index contributed by atoms with van der Waals surface area (Å²) in [6.45, 7) is 0.000211. The quantitative estimate of drug-likeness (QED) is 0.392. The molecule has 2 aromatic heterocycles. The lowest BCUT2D eigenvalue weighted by atomic mass is 10.2. The van der Waals surface area contributed by atoms with Crippen LogP contribution in [0.15, 0.2) is 58.1 Å². The number of thioether (sulfide) groups is 1. The standard InChI is InChI=1S/C22H23N5O3S/c1-31-13-11-18(20-24-16-8-4-5-9-17(16)25-20)23-19(28)10-12-27-21(29)14-6-2-3-7-15(14)26-22(27)30/h2-9,18H,10-13H2,1H3,(H,23,28)(H,24,25)(H,26,30). The number of benzene rings is 2. The molecular formula is C22H23N5O3S. The second-order valence-corrected chi connectivity index (χ2v) is 8.21. The van der Waals surface area contributed by atoms with Crippen LogP contribution in [0.3, 0.4) is 0 Å². The Bertz CT molecular complexity index is 1310. The molecule has 0 bridgehead atoms. The van der Waals surface area contributed by atoms with Crippen molar-refractivity contribution in [2.75, 3.05) is 12.0 Å². The molecule has 1 atom stereocenters. The molecule has 0 aliphatic carbocycles. The molecule has 1 amide bonds. The smallest absolute Gasteiger partial charge is 0.328 e. The molecule has 160 valence electrons. The van der Waals surface area contributed by atoms with Gasteiger partial charge in [-0.1, -0.05) is 24.3 Å². The van der Waals surface area contributed by atoms with Gasteiger partial charge in [0.05, 0.1) is 28.0 Å². The van der Waals surface area contributed by atoms with Crippen LogP contribution in [-0.2, 0) is 11.3 Å². The van der Waals surface area contributed by atoms with Crippen LogP contribution in [0.4, 0.5) is 0 Å². The van der Waals surface area contributed by atoms with Gasteiger partial charge in [-0.2, -0.15) is 11.8 Å². The fraction of sp³-hybridized carbons (Fsp3) is 0.273. The number of imidazole rings is 1. The first-order valence-electron chi connectivity index (χ1n) is 10.0. The number of hydrogen-bond acceptors (Lipinski definition) is 5. The third kappa shape index (κ3) is 4.56. The number of H-pyrrole nitrogens is 2. The van der Waals surface area contributed by atoms with E-state index in [2.05, 4.69) is 20.3 Å². The van der Waals surface area contributed by atoms with Crippen molar-refractivity contribution in [2.45, 2.75) is 25.4 Å². The number of nitrogens with one attached hydrogen (secondary N) is 3. The SMILES string of the molecule is CSCCC(NC(=O)CCn1c(=O)[nH]c2ccccc2c1=O)c1nc2ccccc2[nH]1. The molecule has 4 aromatic rings. The normalized spacial score (nSPS) is 12.3. The van der Waals surface area contributed by atoms with E-state index in [1.165, 1.54) is 0 Å². The highest BCUT2D eigenvalue weighted by molar-refractivity contribution is 7.98. The molecule has 0 fully saturated rings. The molecule has 0 spiro atoms. The topological polar surface area (TPSA) is 113 Å². The van der Waals surface area contributed by atoms with Crippen LogP contribution in [0.1, 0.15) is 24.7 Å². The number of hydrogen-bond donors (Lipinski definition) is 3. The van der Waals surface area contributed by atoms with Gasteiger partial charge in [-0.25, -0.2) is 9.78 Å². The van der Waals surface area contributed by atoms with Gasteiger partial charge in [-0.05, 0) is 42.7 Å². The third-order valence-corrected chi connectivity index (χ3v) is 5.78. The van der Waals surface area contributed by atoms with Gasteiger partial charge < -0.3 is 15.3 Å². The lowest BCUT2D eigenvalue weighted by Gasteiger charge is -2.16. The number of aromatic nitrogens is 4. The van der Waals surface area contributed by atoms with E-state index < -0.39 is 11.2 Å². The number of amides is 1.